The lowest BCUT2D eigenvalue weighted by Crippen LogP contribution is -2.44. The third-order valence-corrected chi connectivity index (χ3v) is 4.69. The van der Waals surface area contributed by atoms with Crippen LogP contribution in [0.5, 0.6) is 0 Å². The molecule has 2 saturated heterocycles. The van der Waals surface area contributed by atoms with Gasteiger partial charge in [-0.15, -0.1) is 0 Å². The van der Waals surface area contributed by atoms with Crippen molar-refractivity contribution in [3.8, 4) is 0 Å². The van der Waals surface area contributed by atoms with Crippen LogP contribution in [0.3, 0.4) is 0 Å². The van der Waals surface area contributed by atoms with E-state index in [9.17, 15) is 14.7 Å². The van der Waals surface area contributed by atoms with Crippen LogP contribution < -0.4 is 5.32 Å². The molecule has 0 aromatic rings. The first-order valence-electron chi connectivity index (χ1n) is 8.80. The topological polar surface area (TPSA) is 113 Å². The fraction of sp³-hybridized carbons (Fsp3) is 0.824. The van der Waals surface area contributed by atoms with E-state index in [2.05, 4.69) is 12.2 Å². The largest absolute Gasteiger partial charge is 0.483 e. The van der Waals surface area contributed by atoms with Crippen LogP contribution >= 0.6 is 0 Å². The Morgan fingerprint density at radius 3 is 2.21 bits per heavy atom. The number of amides is 1. The molecule has 0 spiro atoms. The van der Waals surface area contributed by atoms with Gasteiger partial charge in [-0.1, -0.05) is 39.0 Å². The maximum absolute atomic E-state index is 12.2. The lowest BCUT2D eigenvalue weighted by Gasteiger charge is -2.23. The van der Waals surface area contributed by atoms with Gasteiger partial charge in [0.05, 0.1) is 24.0 Å². The summed E-state index contributed by atoms with van der Waals surface area (Å²) in [7, 11) is 0. The lowest BCUT2D eigenvalue weighted by atomic mass is 9.78. The number of carboxylic acids is 1. The van der Waals surface area contributed by atoms with E-state index < -0.39 is 17.8 Å². The highest BCUT2D eigenvalue weighted by atomic mass is 16.5. The average Bonchev–Trinajstić information content (AvgIpc) is 3.15. The Labute approximate surface area is 142 Å². The van der Waals surface area contributed by atoms with E-state index in [4.69, 9.17) is 14.6 Å². The molecule has 0 radical (unpaired) electrons. The van der Waals surface area contributed by atoms with Crippen molar-refractivity contribution in [1.82, 2.24) is 5.32 Å². The molecule has 7 heteroatoms. The number of hydrogen-bond donors (Lipinski definition) is 3. The van der Waals surface area contributed by atoms with Crippen LogP contribution in [0.15, 0.2) is 0 Å². The molecule has 0 saturated carbocycles. The third kappa shape index (κ3) is 5.78. The van der Waals surface area contributed by atoms with Gasteiger partial charge in [-0.25, -0.2) is 0 Å². The van der Waals surface area contributed by atoms with Gasteiger partial charge < -0.3 is 20.3 Å². The number of rotatable bonds is 9. The van der Waals surface area contributed by atoms with Gasteiger partial charge in [0, 0.05) is 6.54 Å². The van der Waals surface area contributed by atoms with E-state index in [0.717, 1.165) is 25.7 Å². The van der Waals surface area contributed by atoms with Crippen LogP contribution in [0.25, 0.3) is 0 Å². The predicted octanol–water partition coefficient (Wildman–Crippen LogP) is 2.04. The normalized spacial score (nSPS) is 27.2. The zero-order valence-corrected chi connectivity index (χ0v) is 14.3. The number of aliphatic carboxylic acids is 1. The number of unbranched alkanes of at least 4 members (excludes halogenated alkanes) is 5. The minimum absolute atomic E-state index is 0.136. The second-order valence-electron chi connectivity index (χ2n) is 6.34. The molecule has 0 aromatic carbocycles. The fourth-order valence-electron chi connectivity index (χ4n) is 3.56. The summed E-state index contributed by atoms with van der Waals surface area (Å²) >= 11 is 0. The molecule has 2 fully saturated rings. The van der Waals surface area contributed by atoms with Gasteiger partial charge in [-0.05, 0) is 19.3 Å². The van der Waals surface area contributed by atoms with Crippen molar-refractivity contribution in [3.63, 3.8) is 0 Å². The molecule has 7 nitrogen and oxygen atoms in total. The highest BCUT2D eigenvalue weighted by Crippen LogP contribution is 2.43. The molecule has 2 aliphatic heterocycles. The van der Waals surface area contributed by atoms with Crippen LogP contribution in [-0.4, -0.2) is 47.3 Å². The summed E-state index contributed by atoms with van der Waals surface area (Å²) < 4.78 is 5.61. The first-order chi connectivity index (χ1) is 11.6. The molecule has 4 atom stereocenters. The molecule has 0 aromatic heterocycles. The number of nitrogens with one attached hydrogen (secondary N) is 1. The van der Waals surface area contributed by atoms with Crippen molar-refractivity contribution in [1.29, 1.82) is 0 Å². The molecular weight excluding hydrogens is 314 g/mol. The standard InChI is InChI=1S/C16H27NO4.CH2O2/c1-2-3-4-5-6-7-10-17-15(18)13-11-8-9-12(21-11)14(13)16(19)20;2-1-3/h11-14H,2-10H2,1H3,(H,17,18)(H,19,20);1H,(H,2,3). The van der Waals surface area contributed by atoms with Crippen molar-refractivity contribution in [2.24, 2.45) is 11.8 Å². The first-order valence-corrected chi connectivity index (χ1v) is 8.80. The zero-order chi connectivity index (χ0) is 17.9. The molecule has 0 aliphatic carbocycles. The fourth-order valence-corrected chi connectivity index (χ4v) is 3.56. The third-order valence-electron chi connectivity index (χ3n) is 4.69. The van der Waals surface area contributed by atoms with E-state index in [1.165, 1.54) is 25.7 Å². The summed E-state index contributed by atoms with van der Waals surface area (Å²) in [6.45, 7) is 2.58. The Bertz CT molecular complexity index is 414. The molecule has 2 aliphatic rings. The zero-order valence-electron chi connectivity index (χ0n) is 14.3. The SMILES string of the molecule is CCCCCCCCNC(=O)C1C2CCC(O2)C1C(=O)O.O=CO. The Kier molecular flexibility index (Phi) is 9.37. The summed E-state index contributed by atoms with van der Waals surface area (Å²) in [5, 5.41) is 19.1. The predicted molar refractivity (Wildman–Crippen MR) is 87.6 cm³/mol. The molecule has 138 valence electrons. The van der Waals surface area contributed by atoms with E-state index in [0.29, 0.717) is 6.54 Å². The summed E-state index contributed by atoms with van der Waals surface area (Å²) in [5.41, 5.74) is 0. The second kappa shape index (κ2) is 11.0. The maximum atomic E-state index is 12.2. The van der Waals surface area contributed by atoms with Gasteiger partial charge in [-0.2, -0.15) is 0 Å². The van der Waals surface area contributed by atoms with Crippen molar-refractivity contribution in [2.45, 2.75) is 70.5 Å². The highest BCUT2D eigenvalue weighted by Gasteiger charge is 2.55. The summed E-state index contributed by atoms with van der Waals surface area (Å²) in [6.07, 6.45) is 8.17. The highest BCUT2D eigenvalue weighted by molar-refractivity contribution is 5.86. The minimum atomic E-state index is -0.901. The van der Waals surface area contributed by atoms with E-state index in [1.807, 2.05) is 0 Å². The Morgan fingerprint density at radius 1 is 1.08 bits per heavy atom. The smallest absolute Gasteiger partial charge is 0.310 e. The van der Waals surface area contributed by atoms with Crippen LogP contribution in [0.1, 0.15) is 58.3 Å². The molecular formula is C17H29NO6. The number of carbonyl (C=O) groups excluding carboxylic acids is 1. The van der Waals surface area contributed by atoms with Crippen LogP contribution in [0.4, 0.5) is 0 Å². The van der Waals surface area contributed by atoms with Gasteiger partial charge in [0.2, 0.25) is 5.91 Å². The Morgan fingerprint density at radius 2 is 1.62 bits per heavy atom. The quantitative estimate of drug-likeness (QED) is 0.436. The molecule has 3 N–H and O–H groups in total. The van der Waals surface area contributed by atoms with E-state index in [-0.39, 0.29) is 24.6 Å². The number of carbonyl (C=O) groups is 3. The van der Waals surface area contributed by atoms with Gasteiger partial charge in [0.25, 0.3) is 6.47 Å². The van der Waals surface area contributed by atoms with Gasteiger partial charge in [0.15, 0.2) is 0 Å². The van der Waals surface area contributed by atoms with E-state index >= 15 is 0 Å². The van der Waals surface area contributed by atoms with Gasteiger partial charge in [0.1, 0.15) is 0 Å². The Hall–Kier alpha value is -1.63. The average molecular weight is 343 g/mol. The van der Waals surface area contributed by atoms with Crippen LogP contribution in [0, 0.1) is 11.8 Å². The summed E-state index contributed by atoms with van der Waals surface area (Å²) in [6, 6.07) is 0. The molecule has 2 rings (SSSR count). The van der Waals surface area contributed by atoms with Gasteiger partial charge in [-0.3, -0.25) is 14.4 Å². The van der Waals surface area contributed by atoms with E-state index in [1.54, 1.807) is 0 Å². The van der Waals surface area contributed by atoms with Crippen molar-refractivity contribution < 1.29 is 29.3 Å². The first kappa shape index (κ1) is 20.4. The summed E-state index contributed by atoms with van der Waals surface area (Å²) in [5.74, 6) is -2.19. The summed E-state index contributed by atoms with van der Waals surface area (Å²) in [4.78, 5) is 31.9. The van der Waals surface area contributed by atoms with Crippen molar-refractivity contribution in [2.75, 3.05) is 6.54 Å². The number of carboxylic acid groups (broad SMARTS) is 2. The maximum Gasteiger partial charge on any atom is 0.310 e. The number of ether oxygens (including phenoxy) is 1. The van der Waals surface area contributed by atoms with Gasteiger partial charge >= 0.3 is 5.97 Å². The molecule has 24 heavy (non-hydrogen) atoms. The monoisotopic (exact) mass is 343 g/mol. The van der Waals surface area contributed by atoms with Crippen molar-refractivity contribution in [3.05, 3.63) is 0 Å². The van der Waals surface area contributed by atoms with Crippen LogP contribution in [0.2, 0.25) is 0 Å². The molecule has 2 bridgehead atoms. The van der Waals surface area contributed by atoms with Crippen LogP contribution in [-0.2, 0) is 19.1 Å². The number of fused-ring (bicyclic) bond motifs is 2. The van der Waals surface area contributed by atoms with Crippen molar-refractivity contribution >= 4 is 18.3 Å². The Balaban J connectivity index is 0.000000891. The lowest BCUT2D eigenvalue weighted by molar-refractivity contribution is -0.147. The number of hydrogen-bond acceptors (Lipinski definition) is 4. The molecule has 2 heterocycles. The molecule has 4 unspecified atom stereocenters. The minimum Gasteiger partial charge on any atom is -0.483 e. The molecule has 1 amide bonds. The second-order valence-corrected chi connectivity index (χ2v) is 6.34.